The average Bonchev–Trinajstić information content (AvgIpc) is 3.36. The number of aliphatic hydroxyl groups excluding tert-OH is 2. The van der Waals surface area contributed by atoms with Gasteiger partial charge in [0.15, 0.2) is 0 Å². The summed E-state index contributed by atoms with van der Waals surface area (Å²) in [5.74, 6) is 1.91. The molecule has 2 saturated carbocycles. The number of amides is 1. The summed E-state index contributed by atoms with van der Waals surface area (Å²) in [7, 11) is 0. The van der Waals surface area contributed by atoms with Gasteiger partial charge in [-0.2, -0.15) is 0 Å². The van der Waals surface area contributed by atoms with Gasteiger partial charge in [0, 0.05) is 32.0 Å². The first kappa shape index (κ1) is 24.2. The molecule has 1 amide bonds. The van der Waals surface area contributed by atoms with Gasteiger partial charge in [-0.25, -0.2) is 0 Å². The Morgan fingerprint density at radius 1 is 1.12 bits per heavy atom. The van der Waals surface area contributed by atoms with Crippen LogP contribution in [-0.4, -0.2) is 65.6 Å². The molecule has 6 atom stereocenters. The third-order valence-corrected chi connectivity index (χ3v) is 7.51. The first-order valence-electron chi connectivity index (χ1n) is 12.7. The minimum atomic E-state index is -0.706. The molecule has 2 N–H and O–H groups in total. The second-order valence-corrected chi connectivity index (χ2v) is 9.89. The number of hydrogen-bond acceptors (Lipinski definition) is 5. The highest BCUT2D eigenvalue weighted by Crippen LogP contribution is 2.49. The van der Waals surface area contributed by atoms with Crippen molar-refractivity contribution in [3.63, 3.8) is 0 Å². The molecule has 3 fully saturated rings. The molecule has 0 radical (unpaired) electrons. The first-order valence-corrected chi connectivity index (χ1v) is 12.7. The van der Waals surface area contributed by atoms with Gasteiger partial charge in [-0.1, -0.05) is 30.4 Å². The number of fused-ring (bicyclic) bond motifs is 1. The monoisotopic (exact) mass is 457 g/mol. The van der Waals surface area contributed by atoms with E-state index in [1.165, 1.54) is 6.42 Å². The number of carbonyl (C=O) groups is 1. The van der Waals surface area contributed by atoms with Crippen molar-refractivity contribution in [2.75, 3.05) is 26.3 Å². The molecular weight excluding hydrogens is 418 g/mol. The highest BCUT2D eigenvalue weighted by molar-refractivity contribution is 5.76. The lowest BCUT2D eigenvalue weighted by molar-refractivity contribution is -0.132. The number of nitrogens with zero attached hydrogens (tertiary/aromatic N) is 1. The normalized spacial score (nSPS) is 30.5. The van der Waals surface area contributed by atoms with Crippen LogP contribution in [-0.2, 0) is 9.53 Å². The molecule has 6 nitrogen and oxygen atoms in total. The zero-order valence-electron chi connectivity index (χ0n) is 19.6. The number of rotatable bonds is 10. The molecule has 33 heavy (non-hydrogen) atoms. The van der Waals surface area contributed by atoms with Crippen molar-refractivity contribution in [1.82, 2.24) is 4.90 Å². The van der Waals surface area contributed by atoms with E-state index in [1.54, 1.807) is 6.08 Å². The molecular formula is C27H39NO5. The summed E-state index contributed by atoms with van der Waals surface area (Å²) in [5, 5.41) is 20.8. The van der Waals surface area contributed by atoms with E-state index in [0.717, 1.165) is 57.4 Å². The summed E-state index contributed by atoms with van der Waals surface area (Å²) in [6.07, 6.45) is 10.5. The zero-order valence-corrected chi connectivity index (χ0v) is 19.6. The molecule has 1 heterocycles. The first-order chi connectivity index (χ1) is 16.1. The Bertz CT molecular complexity index is 763. The van der Waals surface area contributed by atoms with Gasteiger partial charge in [-0.15, -0.1) is 0 Å². The summed E-state index contributed by atoms with van der Waals surface area (Å²) in [6.45, 7) is 2.65. The van der Waals surface area contributed by atoms with Gasteiger partial charge < -0.3 is 24.6 Å². The lowest BCUT2D eigenvalue weighted by atomic mass is 9.90. The Balaban J connectivity index is 1.16. The van der Waals surface area contributed by atoms with Crippen molar-refractivity contribution >= 4 is 5.91 Å². The van der Waals surface area contributed by atoms with Crippen LogP contribution >= 0.6 is 0 Å². The molecule has 2 unspecified atom stereocenters. The SMILES string of the molecule is O=C(CCCOC1C[C@H]2C[C@@H](O)[C@@H](C=CC(O)COc3ccccc3)[C@@H]2C1)N1CCCCC1. The van der Waals surface area contributed by atoms with Crippen LogP contribution in [0.2, 0.25) is 0 Å². The van der Waals surface area contributed by atoms with Gasteiger partial charge in [0.1, 0.15) is 18.5 Å². The molecule has 0 aromatic heterocycles. The maximum atomic E-state index is 12.3. The van der Waals surface area contributed by atoms with Crippen molar-refractivity contribution < 1.29 is 24.5 Å². The van der Waals surface area contributed by atoms with Crippen molar-refractivity contribution in [2.45, 2.75) is 69.7 Å². The van der Waals surface area contributed by atoms with E-state index >= 15 is 0 Å². The highest BCUT2D eigenvalue weighted by Gasteiger charge is 2.47. The van der Waals surface area contributed by atoms with Gasteiger partial charge in [0.25, 0.3) is 0 Å². The standard InChI is InChI=1S/C27H39NO5/c29-21(19-33-22-8-3-1-4-9-22)11-12-24-25-18-23(16-20(25)17-26(24)30)32-15-7-10-27(31)28-13-5-2-6-14-28/h1,3-4,8-9,11-12,20-21,23-26,29-30H,2,5-7,10,13-19H2/t20-,21?,23?,24-,25+,26+/m0/s1. The van der Waals surface area contributed by atoms with Crippen molar-refractivity contribution in [3.05, 3.63) is 42.5 Å². The highest BCUT2D eigenvalue weighted by atomic mass is 16.5. The number of carbonyl (C=O) groups excluding carboxylic acids is 1. The average molecular weight is 458 g/mol. The predicted molar refractivity (Wildman–Crippen MR) is 127 cm³/mol. The largest absolute Gasteiger partial charge is 0.491 e. The summed E-state index contributed by atoms with van der Waals surface area (Å²) in [5.41, 5.74) is 0. The van der Waals surface area contributed by atoms with E-state index in [9.17, 15) is 15.0 Å². The maximum absolute atomic E-state index is 12.3. The molecule has 0 bridgehead atoms. The minimum absolute atomic E-state index is 0.0515. The fraction of sp³-hybridized carbons (Fsp3) is 0.667. The van der Waals surface area contributed by atoms with Gasteiger partial charge in [0.2, 0.25) is 5.91 Å². The fourth-order valence-electron chi connectivity index (χ4n) is 5.79. The summed E-state index contributed by atoms with van der Waals surface area (Å²) in [6, 6.07) is 9.46. The van der Waals surface area contributed by atoms with Gasteiger partial charge in [-0.3, -0.25) is 4.79 Å². The van der Waals surface area contributed by atoms with Crippen LogP contribution in [0, 0.1) is 17.8 Å². The number of aliphatic hydroxyl groups is 2. The number of likely N-dealkylation sites (tertiary alicyclic amines) is 1. The van der Waals surface area contributed by atoms with Crippen LogP contribution in [0.5, 0.6) is 5.75 Å². The lowest BCUT2D eigenvalue weighted by Crippen LogP contribution is -2.35. The second kappa shape index (κ2) is 12.0. The van der Waals surface area contributed by atoms with E-state index in [0.29, 0.717) is 24.9 Å². The number of hydrogen-bond donors (Lipinski definition) is 2. The molecule has 1 aliphatic heterocycles. The maximum Gasteiger partial charge on any atom is 0.222 e. The number of ether oxygens (including phenoxy) is 2. The predicted octanol–water partition coefficient (Wildman–Crippen LogP) is 3.57. The van der Waals surface area contributed by atoms with Crippen LogP contribution in [0.4, 0.5) is 0 Å². The van der Waals surface area contributed by atoms with Crippen LogP contribution < -0.4 is 4.74 Å². The van der Waals surface area contributed by atoms with E-state index in [1.807, 2.05) is 41.3 Å². The third kappa shape index (κ3) is 6.81. The molecule has 1 aromatic carbocycles. The lowest BCUT2D eigenvalue weighted by Gasteiger charge is -2.26. The Labute approximate surface area is 197 Å². The third-order valence-electron chi connectivity index (χ3n) is 7.51. The van der Waals surface area contributed by atoms with Crippen molar-refractivity contribution in [1.29, 1.82) is 0 Å². The smallest absolute Gasteiger partial charge is 0.222 e. The second-order valence-electron chi connectivity index (χ2n) is 9.89. The van der Waals surface area contributed by atoms with E-state index in [-0.39, 0.29) is 30.6 Å². The van der Waals surface area contributed by atoms with Crippen molar-refractivity contribution in [2.24, 2.45) is 17.8 Å². The molecule has 2 aliphatic carbocycles. The van der Waals surface area contributed by atoms with Gasteiger partial charge in [-0.05, 0) is 68.9 Å². The van der Waals surface area contributed by atoms with Crippen molar-refractivity contribution in [3.8, 4) is 5.75 Å². The summed E-state index contributed by atoms with van der Waals surface area (Å²) < 4.78 is 11.7. The Hall–Kier alpha value is -1.89. The van der Waals surface area contributed by atoms with Gasteiger partial charge >= 0.3 is 0 Å². The fourth-order valence-corrected chi connectivity index (χ4v) is 5.79. The van der Waals surface area contributed by atoms with Crippen LogP contribution in [0.3, 0.4) is 0 Å². The molecule has 182 valence electrons. The topological polar surface area (TPSA) is 79.2 Å². The van der Waals surface area contributed by atoms with Gasteiger partial charge in [0.05, 0.1) is 12.2 Å². The minimum Gasteiger partial charge on any atom is -0.491 e. The summed E-state index contributed by atoms with van der Waals surface area (Å²) >= 11 is 0. The Morgan fingerprint density at radius 3 is 2.70 bits per heavy atom. The molecule has 1 saturated heterocycles. The van der Waals surface area contributed by atoms with E-state index in [2.05, 4.69) is 0 Å². The number of piperidine rings is 1. The number of para-hydroxylation sites is 1. The van der Waals surface area contributed by atoms with Crippen LogP contribution in [0.15, 0.2) is 42.5 Å². The number of benzene rings is 1. The molecule has 0 spiro atoms. The summed E-state index contributed by atoms with van der Waals surface area (Å²) in [4.78, 5) is 14.3. The van der Waals surface area contributed by atoms with Crippen LogP contribution in [0.25, 0.3) is 0 Å². The Morgan fingerprint density at radius 2 is 1.91 bits per heavy atom. The van der Waals surface area contributed by atoms with E-state index < -0.39 is 6.10 Å². The van der Waals surface area contributed by atoms with Crippen LogP contribution in [0.1, 0.15) is 51.4 Å². The zero-order chi connectivity index (χ0) is 23.0. The molecule has 6 heteroatoms. The Kier molecular flexibility index (Phi) is 8.82. The quantitative estimate of drug-likeness (QED) is 0.415. The van der Waals surface area contributed by atoms with E-state index in [4.69, 9.17) is 9.47 Å². The molecule has 1 aromatic rings. The molecule has 3 aliphatic rings. The molecule has 4 rings (SSSR count).